The van der Waals surface area contributed by atoms with Crippen molar-refractivity contribution in [3.63, 3.8) is 0 Å². The van der Waals surface area contributed by atoms with Crippen LogP contribution in [0.5, 0.6) is 0 Å². The molecule has 0 aromatic heterocycles. The van der Waals surface area contributed by atoms with Gasteiger partial charge in [-0.3, -0.25) is 19.8 Å². The SMILES string of the molecule is CC(=O)C1=C(C)N(c2ccccc2)C(=O)N[C@@H]1c1cccc([N+](=O)[O-])c1. The molecule has 0 saturated carbocycles. The summed E-state index contributed by atoms with van der Waals surface area (Å²) in [6.45, 7) is 3.12. The van der Waals surface area contributed by atoms with E-state index in [4.69, 9.17) is 0 Å². The Morgan fingerprint density at radius 3 is 2.46 bits per heavy atom. The summed E-state index contributed by atoms with van der Waals surface area (Å²) in [7, 11) is 0. The van der Waals surface area contributed by atoms with Crippen LogP contribution in [0, 0.1) is 10.1 Å². The first-order chi connectivity index (χ1) is 12.4. The number of hydrogen-bond acceptors (Lipinski definition) is 4. The summed E-state index contributed by atoms with van der Waals surface area (Å²) in [6.07, 6.45) is 0. The third kappa shape index (κ3) is 3.06. The summed E-state index contributed by atoms with van der Waals surface area (Å²) in [5, 5.41) is 13.8. The van der Waals surface area contributed by atoms with E-state index in [1.54, 1.807) is 37.3 Å². The van der Waals surface area contributed by atoms with E-state index >= 15 is 0 Å². The molecular weight excluding hydrogens is 334 g/mol. The van der Waals surface area contributed by atoms with Gasteiger partial charge in [0.25, 0.3) is 5.69 Å². The number of para-hydroxylation sites is 1. The van der Waals surface area contributed by atoms with Crippen molar-refractivity contribution in [2.24, 2.45) is 0 Å². The number of urea groups is 1. The molecule has 2 amide bonds. The third-order valence-electron chi connectivity index (χ3n) is 4.29. The van der Waals surface area contributed by atoms with Crippen molar-refractivity contribution in [3.8, 4) is 0 Å². The molecular formula is C19H17N3O4. The average Bonchev–Trinajstić information content (AvgIpc) is 2.61. The molecule has 0 bridgehead atoms. The van der Waals surface area contributed by atoms with E-state index in [1.807, 2.05) is 6.07 Å². The van der Waals surface area contributed by atoms with Crippen LogP contribution in [0.25, 0.3) is 0 Å². The minimum absolute atomic E-state index is 0.0946. The number of Topliss-reactive ketones (excluding diaryl/α,β-unsaturated/α-hetero) is 1. The lowest BCUT2D eigenvalue weighted by molar-refractivity contribution is -0.384. The molecule has 7 nitrogen and oxygen atoms in total. The lowest BCUT2D eigenvalue weighted by Gasteiger charge is -2.35. The fourth-order valence-corrected chi connectivity index (χ4v) is 3.16. The summed E-state index contributed by atoms with van der Waals surface area (Å²) < 4.78 is 0. The van der Waals surface area contributed by atoms with Crippen LogP contribution in [0.4, 0.5) is 16.2 Å². The van der Waals surface area contributed by atoms with Gasteiger partial charge < -0.3 is 5.32 Å². The van der Waals surface area contributed by atoms with Gasteiger partial charge in [0.1, 0.15) is 0 Å². The van der Waals surface area contributed by atoms with Crippen LogP contribution in [0.15, 0.2) is 65.9 Å². The van der Waals surface area contributed by atoms with Gasteiger partial charge in [-0.15, -0.1) is 0 Å². The van der Waals surface area contributed by atoms with Gasteiger partial charge >= 0.3 is 6.03 Å². The van der Waals surface area contributed by atoms with E-state index in [2.05, 4.69) is 5.32 Å². The molecule has 0 radical (unpaired) electrons. The zero-order chi connectivity index (χ0) is 18.8. The Balaban J connectivity index is 2.12. The van der Waals surface area contributed by atoms with Gasteiger partial charge in [0.2, 0.25) is 0 Å². The summed E-state index contributed by atoms with van der Waals surface area (Å²) in [5.41, 5.74) is 1.93. The number of nitro benzene ring substituents is 1. The second-order valence-corrected chi connectivity index (χ2v) is 5.96. The van der Waals surface area contributed by atoms with Crippen LogP contribution in [-0.2, 0) is 4.79 Å². The molecule has 3 rings (SSSR count). The van der Waals surface area contributed by atoms with Crippen LogP contribution >= 0.6 is 0 Å². The minimum Gasteiger partial charge on any atom is -0.326 e. The monoisotopic (exact) mass is 351 g/mol. The van der Waals surface area contributed by atoms with Gasteiger partial charge in [-0.25, -0.2) is 4.79 Å². The molecule has 0 saturated heterocycles. The summed E-state index contributed by atoms with van der Waals surface area (Å²) in [6, 6.07) is 13.8. The molecule has 0 aliphatic carbocycles. The number of amides is 2. The van der Waals surface area contributed by atoms with Crippen LogP contribution < -0.4 is 10.2 Å². The maximum atomic E-state index is 12.7. The fourth-order valence-electron chi connectivity index (χ4n) is 3.16. The molecule has 0 unspecified atom stereocenters. The Morgan fingerprint density at radius 2 is 1.85 bits per heavy atom. The standard InChI is InChI=1S/C19H17N3O4/c1-12-17(13(2)23)18(14-7-6-10-16(11-14)22(25)26)20-19(24)21(12)15-8-4-3-5-9-15/h3-11,18H,1-2H3,(H,20,24)/t18-/m1/s1. The number of allylic oxidation sites excluding steroid dienone is 1. The maximum absolute atomic E-state index is 12.7. The molecule has 1 atom stereocenters. The average molecular weight is 351 g/mol. The molecule has 1 heterocycles. The number of nitrogens with zero attached hydrogens (tertiary/aromatic N) is 2. The number of hydrogen-bond donors (Lipinski definition) is 1. The van der Waals surface area contributed by atoms with Gasteiger partial charge in [0.15, 0.2) is 5.78 Å². The van der Waals surface area contributed by atoms with Gasteiger partial charge in [0, 0.05) is 23.4 Å². The van der Waals surface area contributed by atoms with E-state index < -0.39 is 17.0 Å². The third-order valence-corrected chi connectivity index (χ3v) is 4.29. The minimum atomic E-state index is -0.736. The lowest BCUT2D eigenvalue weighted by atomic mass is 9.92. The Labute approximate surface area is 150 Å². The van der Waals surface area contributed by atoms with E-state index in [1.165, 1.54) is 30.0 Å². The number of rotatable bonds is 4. The van der Waals surface area contributed by atoms with Gasteiger partial charge in [-0.1, -0.05) is 30.3 Å². The number of carbonyl (C=O) groups is 2. The first-order valence-corrected chi connectivity index (χ1v) is 8.02. The normalized spacial score (nSPS) is 17.1. The van der Waals surface area contributed by atoms with Crippen molar-refractivity contribution in [1.82, 2.24) is 5.32 Å². The summed E-state index contributed by atoms with van der Waals surface area (Å²) in [4.78, 5) is 37.0. The summed E-state index contributed by atoms with van der Waals surface area (Å²) >= 11 is 0. The van der Waals surface area contributed by atoms with Crippen molar-refractivity contribution in [2.75, 3.05) is 4.90 Å². The number of nitro groups is 1. The maximum Gasteiger partial charge on any atom is 0.326 e. The predicted octanol–water partition coefficient (Wildman–Crippen LogP) is 3.73. The molecule has 7 heteroatoms. The first kappa shape index (κ1) is 17.3. The highest BCUT2D eigenvalue weighted by Crippen LogP contribution is 2.34. The van der Waals surface area contributed by atoms with E-state index in [0.717, 1.165) is 0 Å². The number of benzene rings is 2. The molecule has 1 aliphatic rings. The number of nitrogens with one attached hydrogen (secondary N) is 1. The topological polar surface area (TPSA) is 92.6 Å². The molecule has 1 aliphatic heterocycles. The predicted molar refractivity (Wildman–Crippen MR) is 96.7 cm³/mol. The van der Waals surface area contributed by atoms with Gasteiger partial charge in [-0.05, 0) is 31.5 Å². The number of ketones is 1. The van der Waals surface area contributed by atoms with Crippen LogP contribution in [-0.4, -0.2) is 16.7 Å². The Bertz CT molecular complexity index is 921. The zero-order valence-corrected chi connectivity index (χ0v) is 14.3. The number of non-ortho nitro benzene ring substituents is 1. The van der Waals surface area contributed by atoms with Crippen molar-refractivity contribution < 1.29 is 14.5 Å². The quantitative estimate of drug-likeness (QED) is 0.671. The van der Waals surface area contributed by atoms with Crippen molar-refractivity contribution in [1.29, 1.82) is 0 Å². The Hall–Kier alpha value is -3.48. The molecule has 0 spiro atoms. The second kappa shape index (κ2) is 6.79. The summed E-state index contributed by atoms with van der Waals surface area (Å²) in [5.74, 6) is -0.208. The van der Waals surface area contributed by atoms with Crippen LogP contribution in [0.3, 0.4) is 0 Å². The largest absolute Gasteiger partial charge is 0.326 e. The molecule has 1 N–H and O–H groups in total. The number of carbonyl (C=O) groups excluding carboxylic acids is 2. The van der Waals surface area contributed by atoms with Crippen molar-refractivity contribution in [2.45, 2.75) is 19.9 Å². The van der Waals surface area contributed by atoms with Crippen LogP contribution in [0.1, 0.15) is 25.5 Å². The van der Waals surface area contributed by atoms with E-state index in [9.17, 15) is 19.7 Å². The molecule has 2 aromatic carbocycles. The van der Waals surface area contributed by atoms with Gasteiger partial charge in [-0.2, -0.15) is 0 Å². The highest BCUT2D eigenvalue weighted by Gasteiger charge is 2.35. The second-order valence-electron chi connectivity index (χ2n) is 5.96. The first-order valence-electron chi connectivity index (χ1n) is 8.02. The zero-order valence-electron chi connectivity index (χ0n) is 14.3. The highest BCUT2D eigenvalue weighted by atomic mass is 16.6. The number of anilines is 1. The van der Waals surface area contributed by atoms with Crippen molar-refractivity contribution >= 4 is 23.2 Å². The molecule has 0 fully saturated rings. The molecule has 26 heavy (non-hydrogen) atoms. The van der Waals surface area contributed by atoms with E-state index in [0.29, 0.717) is 22.5 Å². The molecule has 2 aromatic rings. The lowest BCUT2D eigenvalue weighted by Crippen LogP contribution is -2.47. The smallest absolute Gasteiger partial charge is 0.326 e. The van der Waals surface area contributed by atoms with Crippen LogP contribution in [0.2, 0.25) is 0 Å². The van der Waals surface area contributed by atoms with Crippen molar-refractivity contribution in [3.05, 3.63) is 81.5 Å². The fraction of sp³-hybridized carbons (Fsp3) is 0.158. The van der Waals surface area contributed by atoms with E-state index in [-0.39, 0.29) is 11.5 Å². The molecule has 132 valence electrons. The highest BCUT2D eigenvalue weighted by molar-refractivity contribution is 6.04. The Kier molecular flexibility index (Phi) is 4.53. The Morgan fingerprint density at radius 1 is 1.15 bits per heavy atom. The van der Waals surface area contributed by atoms with Gasteiger partial charge in [0.05, 0.1) is 16.7 Å².